The zero-order chi connectivity index (χ0) is 22.7. The Bertz CT molecular complexity index is 1210. The van der Waals surface area contributed by atoms with Crippen LogP contribution in [0.25, 0.3) is 0 Å². The lowest BCUT2D eigenvalue weighted by molar-refractivity contribution is 0.0991. The van der Waals surface area contributed by atoms with E-state index in [0.717, 1.165) is 12.1 Å². The third kappa shape index (κ3) is 4.72. The third-order valence-electron chi connectivity index (χ3n) is 4.44. The third-order valence-corrected chi connectivity index (χ3v) is 4.44. The van der Waals surface area contributed by atoms with Crippen molar-refractivity contribution in [2.75, 3.05) is 10.6 Å². The van der Waals surface area contributed by atoms with Crippen LogP contribution in [0.4, 0.5) is 24.5 Å². The number of carbonyl (C=O) groups excluding carboxylic acids is 3. The number of amides is 3. The number of benzene rings is 3. The number of primary amides is 1. The maximum absolute atomic E-state index is 14.0. The Kier molecular flexibility index (Phi) is 6.05. The predicted octanol–water partition coefficient (Wildman–Crippen LogP) is 4.02. The van der Waals surface area contributed by atoms with Gasteiger partial charge in [0.05, 0.1) is 16.8 Å². The molecule has 3 rings (SSSR count). The standard InChI is InChI=1S/C22H16F3N3O3/c1-11-6-7-12(8-18(11)27-22(31)13-4-2-3-5-15(13)23)21(30)28-19-9-14(20(26)29)16(24)10-17(19)25/h2-10H,1H3,(H2,26,29)(H,27,31)(H,28,30). The number of aryl methyl sites for hydroxylation is 1. The summed E-state index contributed by atoms with van der Waals surface area (Å²) in [5.41, 5.74) is 4.68. The molecule has 4 N–H and O–H groups in total. The molecule has 0 spiro atoms. The van der Waals surface area contributed by atoms with Crippen molar-refractivity contribution in [3.8, 4) is 0 Å². The molecule has 0 aliphatic carbocycles. The number of carbonyl (C=O) groups is 3. The van der Waals surface area contributed by atoms with Crippen LogP contribution in [0.2, 0.25) is 0 Å². The molecule has 0 aliphatic heterocycles. The average molecular weight is 427 g/mol. The van der Waals surface area contributed by atoms with Crippen LogP contribution in [0.1, 0.15) is 36.6 Å². The molecule has 3 amide bonds. The molecular weight excluding hydrogens is 411 g/mol. The van der Waals surface area contributed by atoms with Gasteiger partial charge in [-0.15, -0.1) is 0 Å². The lowest BCUT2D eigenvalue weighted by Crippen LogP contribution is -2.18. The first-order valence-corrected chi connectivity index (χ1v) is 8.94. The van der Waals surface area contributed by atoms with Gasteiger partial charge in [0.15, 0.2) is 0 Å². The van der Waals surface area contributed by atoms with Crippen LogP contribution >= 0.6 is 0 Å². The molecule has 0 bridgehead atoms. The van der Waals surface area contributed by atoms with Crippen LogP contribution in [0, 0.1) is 24.4 Å². The number of hydrogen-bond acceptors (Lipinski definition) is 3. The molecule has 158 valence electrons. The lowest BCUT2D eigenvalue weighted by Gasteiger charge is -2.12. The van der Waals surface area contributed by atoms with E-state index in [4.69, 9.17) is 5.73 Å². The van der Waals surface area contributed by atoms with Crippen molar-refractivity contribution in [1.29, 1.82) is 0 Å². The van der Waals surface area contributed by atoms with E-state index < -0.39 is 46.4 Å². The molecule has 0 saturated heterocycles. The Morgan fingerprint density at radius 2 is 1.42 bits per heavy atom. The number of hydrogen-bond donors (Lipinski definition) is 3. The van der Waals surface area contributed by atoms with Gasteiger partial charge in [-0.2, -0.15) is 0 Å². The summed E-state index contributed by atoms with van der Waals surface area (Å²) in [5, 5.41) is 4.75. The quantitative estimate of drug-likeness (QED) is 0.573. The Morgan fingerprint density at radius 1 is 0.742 bits per heavy atom. The second-order valence-electron chi connectivity index (χ2n) is 6.59. The van der Waals surface area contributed by atoms with Gasteiger partial charge in [0.1, 0.15) is 17.5 Å². The smallest absolute Gasteiger partial charge is 0.258 e. The number of nitrogens with two attached hydrogens (primary N) is 1. The Hall–Kier alpha value is -4.14. The molecule has 0 aromatic heterocycles. The molecule has 3 aromatic rings. The van der Waals surface area contributed by atoms with Crippen molar-refractivity contribution < 1.29 is 27.6 Å². The highest BCUT2D eigenvalue weighted by Crippen LogP contribution is 2.22. The Balaban J connectivity index is 1.85. The summed E-state index contributed by atoms with van der Waals surface area (Å²) in [6, 6.07) is 10.9. The molecule has 31 heavy (non-hydrogen) atoms. The molecule has 9 heteroatoms. The van der Waals surface area contributed by atoms with Gasteiger partial charge in [-0.1, -0.05) is 18.2 Å². The van der Waals surface area contributed by atoms with E-state index in [9.17, 15) is 27.6 Å². The molecule has 0 atom stereocenters. The highest BCUT2D eigenvalue weighted by atomic mass is 19.1. The van der Waals surface area contributed by atoms with Crippen LogP contribution in [-0.2, 0) is 0 Å². The molecule has 0 heterocycles. The van der Waals surface area contributed by atoms with Gasteiger partial charge < -0.3 is 16.4 Å². The zero-order valence-corrected chi connectivity index (χ0v) is 16.1. The summed E-state index contributed by atoms with van der Waals surface area (Å²) in [4.78, 5) is 36.1. The molecule has 6 nitrogen and oxygen atoms in total. The van der Waals surface area contributed by atoms with E-state index >= 15 is 0 Å². The second kappa shape index (κ2) is 8.70. The van der Waals surface area contributed by atoms with Crippen molar-refractivity contribution in [3.63, 3.8) is 0 Å². The first-order chi connectivity index (χ1) is 14.7. The molecule has 0 saturated carbocycles. The number of anilines is 2. The topological polar surface area (TPSA) is 101 Å². The fourth-order valence-corrected chi connectivity index (χ4v) is 2.76. The van der Waals surface area contributed by atoms with Crippen molar-refractivity contribution in [3.05, 3.63) is 94.3 Å². The van der Waals surface area contributed by atoms with E-state index in [1.165, 1.54) is 36.4 Å². The minimum atomic E-state index is -1.16. The first kappa shape index (κ1) is 21.6. The van der Waals surface area contributed by atoms with Gasteiger partial charge in [0, 0.05) is 17.3 Å². The minimum absolute atomic E-state index is 0.0267. The van der Waals surface area contributed by atoms with E-state index in [1.807, 2.05) is 0 Å². The summed E-state index contributed by atoms with van der Waals surface area (Å²) in [6.45, 7) is 1.66. The Labute approximate surface area is 174 Å². The SMILES string of the molecule is Cc1ccc(C(=O)Nc2cc(C(N)=O)c(F)cc2F)cc1NC(=O)c1ccccc1F. The average Bonchev–Trinajstić information content (AvgIpc) is 2.71. The van der Waals surface area contributed by atoms with Crippen LogP contribution in [0.15, 0.2) is 54.6 Å². The summed E-state index contributed by atoms with van der Waals surface area (Å²) >= 11 is 0. The van der Waals surface area contributed by atoms with E-state index in [1.54, 1.807) is 6.92 Å². The van der Waals surface area contributed by atoms with Crippen LogP contribution in [0.5, 0.6) is 0 Å². The van der Waals surface area contributed by atoms with Crippen molar-refractivity contribution in [2.45, 2.75) is 6.92 Å². The summed E-state index contributed by atoms with van der Waals surface area (Å²) < 4.78 is 41.4. The van der Waals surface area contributed by atoms with Crippen molar-refractivity contribution >= 4 is 29.1 Å². The van der Waals surface area contributed by atoms with Crippen LogP contribution in [-0.4, -0.2) is 17.7 Å². The second-order valence-corrected chi connectivity index (χ2v) is 6.59. The van der Waals surface area contributed by atoms with Crippen molar-refractivity contribution in [1.82, 2.24) is 0 Å². The molecule has 3 aromatic carbocycles. The van der Waals surface area contributed by atoms with E-state index in [2.05, 4.69) is 10.6 Å². The maximum atomic E-state index is 14.0. The largest absolute Gasteiger partial charge is 0.366 e. The van der Waals surface area contributed by atoms with Crippen LogP contribution < -0.4 is 16.4 Å². The van der Waals surface area contributed by atoms with E-state index in [0.29, 0.717) is 11.6 Å². The number of nitrogens with one attached hydrogen (secondary N) is 2. The van der Waals surface area contributed by atoms with Gasteiger partial charge in [-0.25, -0.2) is 13.2 Å². The van der Waals surface area contributed by atoms with E-state index in [-0.39, 0.29) is 16.8 Å². The summed E-state index contributed by atoms with van der Waals surface area (Å²) in [6.07, 6.45) is 0. The zero-order valence-electron chi connectivity index (χ0n) is 16.1. The number of halogens is 3. The van der Waals surface area contributed by atoms with Gasteiger partial charge in [0.25, 0.3) is 17.7 Å². The van der Waals surface area contributed by atoms with Gasteiger partial charge in [-0.05, 0) is 42.8 Å². The van der Waals surface area contributed by atoms with Gasteiger partial charge in [-0.3, -0.25) is 14.4 Å². The Morgan fingerprint density at radius 3 is 2.10 bits per heavy atom. The fourth-order valence-electron chi connectivity index (χ4n) is 2.76. The monoisotopic (exact) mass is 427 g/mol. The van der Waals surface area contributed by atoms with Crippen LogP contribution in [0.3, 0.4) is 0 Å². The summed E-state index contributed by atoms with van der Waals surface area (Å²) in [7, 11) is 0. The lowest BCUT2D eigenvalue weighted by atomic mass is 10.1. The molecule has 0 radical (unpaired) electrons. The minimum Gasteiger partial charge on any atom is -0.366 e. The predicted molar refractivity (Wildman–Crippen MR) is 108 cm³/mol. The first-order valence-electron chi connectivity index (χ1n) is 8.94. The number of rotatable bonds is 5. The van der Waals surface area contributed by atoms with Gasteiger partial charge >= 0.3 is 0 Å². The van der Waals surface area contributed by atoms with Gasteiger partial charge in [0.2, 0.25) is 0 Å². The molecule has 0 unspecified atom stereocenters. The van der Waals surface area contributed by atoms with Crippen molar-refractivity contribution in [2.24, 2.45) is 5.73 Å². The highest BCUT2D eigenvalue weighted by Gasteiger charge is 2.18. The molecule has 0 aliphatic rings. The maximum Gasteiger partial charge on any atom is 0.258 e. The fraction of sp³-hybridized carbons (Fsp3) is 0.0455. The molecular formula is C22H16F3N3O3. The highest BCUT2D eigenvalue weighted by molar-refractivity contribution is 6.08. The summed E-state index contributed by atoms with van der Waals surface area (Å²) in [5.74, 6) is -5.59. The molecule has 0 fully saturated rings. The normalized spacial score (nSPS) is 10.5.